The minimum atomic E-state index is -0.428. The fourth-order valence-corrected chi connectivity index (χ4v) is 4.95. The Morgan fingerprint density at radius 3 is 2.53 bits per heavy atom. The zero-order valence-electron chi connectivity index (χ0n) is 19.8. The molecule has 7 nitrogen and oxygen atoms in total. The second-order valence-electron chi connectivity index (χ2n) is 8.36. The van der Waals surface area contributed by atoms with Gasteiger partial charge in [0.2, 0.25) is 5.91 Å². The van der Waals surface area contributed by atoms with Gasteiger partial charge in [0.25, 0.3) is 5.91 Å². The van der Waals surface area contributed by atoms with E-state index in [0.717, 1.165) is 4.47 Å². The summed E-state index contributed by atoms with van der Waals surface area (Å²) in [6.45, 7) is 8.38. The van der Waals surface area contributed by atoms with Crippen LogP contribution in [0.2, 0.25) is 10.0 Å². The molecule has 190 valence electrons. The summed E-state index contributed by atoms with van der Waals surface area (Å²) in [4.78, 5) is 25.5. The van der Waals surface area contributed by atoms with E-state index < -0.39 is 6.04 Å². The van der Waals surface area contributed by atoms with Crippen LogP contribution in [0.15, 0.2) is 64.7 Å². The summed E-state index contributed by atoms with van der Waals surface area (Å²) in [7, 11) is 0. The molecule has 0 aliphatic heterocycles. The number of amides is 2. The number of benzene rings is 2. The number of nitrogens with zero attached hydrogens (tertiary/aromatic N) is 3. The maximum absolute atomic E-state index is 13.1. The van der Waals surface area contributed by atoms with Crippen molar-refractivity contribution in [2.45, 2.75) is 38.0 Å². The largest absolute Gasteiger partial charge is 0.342 e. The van der Waals surface area contributed by atoms with Crippen LogP contribution in [0.3, 0.4) is 0 Å². The second-order valence-corrected chi connectivity index (χ2v) is 11.1. The van der Waals surface area contributed by atoms with Crippen molar-refractivity contribution in [3.05, 3.63) is 81.0 Å². The number of nitrogens with one attached hydrogen (secondary N) is 2. The van der Waals surface area contributed by atoms with Crippen LogP contribution in [-0.2, 0) is 11.3 Å². The van der Waals surface area contributed by atoms with Crippen molar-refractivity contribution in [3.8, 4) is 0 Å². The number of rotatable bonds is 11. The van der Waals surface area contributed by atoms with Crippen molar-refractivity contribution >= 4 is 68.4 Å². The first-order chi connectivity index (χ1) is 17.2. The Kier molecular flexibility index (Phi) is 10.4. The molecule has 0 saturated carbocycles. The van der Waals surface area contributed by atoms with E-state index >= 15 is 0 Å². The Morgan fingerprint density at radius 1 is 1.17 bits per heavy atom. The van der Waals surface area contributed by atoms with Gasteiger partial charge in [-0.25, -0.2) is 0 Å². The molecule has 1 atom stereocenters. The molecule has 2 aromatic carbocycles. The number of hydrogen-bond acceptors (Lipinski definition) is 5. The maximum Gasteiger partial charge on any atom is 0.253 e. The second kappa shape index (κ2) is 13.3. The van der Waals surface area contributed by atoms with Crippen LogP contribution >= 0.6 is 50.9 Å². The number of halogens is 3. The van der Waals surface area contributed by atoms with Crippen molar-refractivity contribution in [3.63, 3.8) is 0 Å². The SMILES string of the molecule is C=CCn1c(SCC(=O)Nc2ccc(Br)cc2)nnc1[C@H](CC(C)C)NC(=O)c1ccc(Cl)cc1Cl. The van der Waals surface area contributed by atoms with E-state index in [9.17, 15) is 9.59 Å². The third-order valence-electron chi connectivity index (χ3n) is 5.02. The molecule has 0 fully saturated rings. The molecule has 1 heterocycles. The van der Waals surface area contributed by atoms with Crippen LogP contribution in [0, 0.1) is 5.92 Å². The Labute approximate surface area is 233 Å². The van der Waals surface area contributed by atoms with E-state index in [2.05, 4.69) is 57.2 Å². The Balaban J connectivity index is 1.78. The molecule has 0 unspecified atom stereocenters. The van der Waals surface area contributed by atoms with Crippen LogP contribution in [-0.4, -0.2) is 32.3 Å². The number of anilines is 1. The summed E-state index contributed by atoms with van der Waals surface area (Å²) < 4.78 is 2.79. The molecule has 2 amide bonds. The number of hydrogen-bond donors (Lipinski definition) is 2. The highest BCUT2D eigenvalue weighted by molar-refractivity contribution is 9.10. The zero-order chi connectivity index (χ0) is 26.2. The summed E-state index contributed by atoms with van der Waals surface area (Å²) in [5.41, 5.74) is 1.03. The smallest absolute Gasteiger partial charge is 0.253 e. The predicted molar refractivity (Wildman–Crippen MR) is 150 cm³/mol. The van der Waals surface area contributed by atoms with Crippen LogP contribution in [0.25, 0.3) is 0 Å². The first-order valence-corrected chi connectivity index (χ1v) is 13.7. The Morgan fingerprint density at radius 2 is 1.89 bits per heavy atom. The topological polar surface area (TPSA) is 88.9 Å². The van der Waals surface area contributed by atoms with E-state index in [1.54, 1.807) is 18.2 Å². The highest BCUT2D eigenvalue weighted by Gasteiger charge is 2.25. The standard InChI is InChI=1S/C25H26BrCl2N5O2S/c1-4-11-33-23(21(12-15(2)3)30-24(35)19-10-7-17(27)13-20(19)28)31-32-25(33)36-14-22(34)29-18-8-5-16(26)6-9-18/h4-10,13,15,21H,1,11-12,14H2,2-3H3,(H,29,34)(H,30,35)/t21-/m0/s1. The molecule has 3 rings (SSSR count). The van der Waals surface area contributed by atoms with Crippen LogP contribution in [0.1, 0.15) is 42.5 Å². The van der Waals surface area contributed by atoms with Crippen molar-refractivity contribution in [1.82, 2.24) is 20.1 Å². The van der Waals surface area contributed by atoms with Crippen molar-refractivity contribution < 1.29 is 9.59 Å². The van der Waals surface area contributed by atoms with Gasteiger partial charge in [0.1, 0.15) is 0 Å². The lowest BCUT2D eigenvalue weighted by Crippen LogP contribution is -2.32. The average molecular weight is 611 g/mol. The minimum absolute atomic E-state index is 0.146. The van der Waals surface area contributed by atoms with Gasteiger partial charge in [-0.1, -0.05) is 70.8 Å². The predicted octanol–water partition coefficient (Wildman–Crippen LogP) is 6.78. The number of thioether (sulfide) groups is 1. The monoisotopic (exact) mass is 609 g/mol. The summed E-state index contributed by atoms with van der Waals surface area (Å²) in [6, 6.07) is 11.7. The molecule has 0 spiro atoms. The third-order valence-corrected chi connectivity index (χ3v) is 7.06. The highest BCUT2D eigenvalue weighted by Crippen LogP contribution is 2.27. The molecule has 0 radical (unpaired) electrons. The molecule has 1 aromatic heterocycles. The maximum atomic E-state index is 13.1. The number of carbonyl (C=O) groups excluding carboxylic acids is 2. The number of aromatic nitrogens is 3. The normalized spacial score (nSPS) is 11.8. The van der Waals surface area contributed by atoms with Crippen molar-refractivity contribution in [2.24, 2.45) is 5.92 Å². The van der Waals surface area contributed by atoms with Gasteiger partial charge in [0, 0.05) is 21.7 Å². The van der Waals surface area contributed by atoms with Gasteiger partial charge in [0.05, 0.1) is 22.4 Å². The van der Waals surface area contributed by atoms with Gasteiger partial charge < -0.3 is 15.2 Å². The zero-order valence-corrected chi connectivity index (χ0v) is 23.7. The molecule has 2 N–H and O–H groups in total. The Bertz CT molecular complexity index is 1230. The van der Waals surface area contributed by atoms with E-state index in [1.165, 1.54) is 17.8 Å². The number of allylic oxidation sites excluding steroid dienone is 1. The van der Waals surface area contributed by atoms with Gasteiger partial charge in [-0.3, -0.25) is 9.59 Å². The lowest BCUT2D eigenvalue weighted by Gasteiger charge is -2.21. The van der Waals surface area contributed by atoms with Gasteiger partial charge in [-0.05, 0) is 54.8 Å². The minimum Gasteiger partial charge on any atom is -0.342 e. The molecular formula is C25H26BrCl2N5O2S. The van der Waals surface area contributed by atoms with Crippen LogP contribution in [0.4, 0.5) is 5.69 Å². The third kappa shape index (κ3) is 7.83. The fraction of sp³-hybridized carbons (Fsp3) is 0.280. The highest BCUT2D eigenvalue weighted by atomic mass is 79.9. The summed E-state index contributed by atoms with van der Waals surface area (Å²) in [6.07, 6.45) is 2.35. The first-order valence-electron chi connectivity index (χ1n) is 11.2. The molecule has 0 aliphatic rings. The molecule has 0 aliphatic carbocycles. The molecule has 0 bridgehead atoms. The first kappa shape index (κ1) is 28.2. The van der Waals surface area contributed by atoms with Crippen molar-refractivity contribution in [2.75, 3.05) is 11.1 Å². The van der Waals surface area contributed by atoms with E-state index in [-0.39, 0.29) is 28.5 Å². The summed E-state index contributed by atoms with van der Waals surface area (Å²) >= 11 is 16.9. The van der Waals surface area contributed by atoms with Gasteiger partial charge in [-0.15, -0.1) is 16.8 Å². The quantitative estimate of drug-likeness (QED) is 0.184. The lowest BCUT2D eigenvalue weighted by molar-refractivity contribution is -0.113. The molecule has 11 heteroatoms. The van der Waals surface area contributed by atoms with E-state index in [1.807, 2.05) is 28.8 Å². The summed E-state index contributed by atoms with van der Waals surface area (Å²) in [5.74, 6) is 0.489. The number of carbonyl (C=O) groups is 2. The average Bonchev–Trinajstić information content (AvgIpc) is 3.21. The molecular weight excluding hydrogens is 585 g/mol. The van der Waals surface area contributed by atoms with Crippen LogP contribution in [0.5, 0.6) is 0 Å². The molecule has 36 heavy (non-hydrogen) atoms. The molecule has 3 aromatic rings. The lowest BCUT2D eigenvalue weighted by atomic mass is 10.0. The van der Waals surface area contributed by atoms with Crippen molar-refractivity contribution in [1.29, 1.82) is 0 Å². The van der Waals surface area contributed by atoms with Gasteiger partial charge in [0.15, 0.2) is 11.0 Å². The van der Waals surface area contributed by atoms with E-state index in [4.69, 9.17) is 23.2 Å². The Hall–Kier alpha value is -2.33. The van der Waals surface area contributed by atoms with Crippen LogP contribution < -0.4 is 10.6 Å². The summed E-state index contributed by atoms with van der Waals surface area (Å²) in [5, 5.41) is 15.9. The van der Waals surface area contributed by atoms with Gasteiger partial charge in [-0.2, -0.15) is 0 Å². The molecule has 0 saturated heterocycles. The van der Waals surface area contributed by atoms with Gasteiger partial charge >= 0.3 is 0 Å². The van der Waals surface area contributed by atoms with E-state index in [0.29, 0.717) is 40.2 Å². The fourth-order valence-electron chi connectivity index (χ4n) is 3.44.